The first kappa shape index (κ1) is 23.9. The molecule has 0 fully saturated rings. The minimum absolute atomic E-state index is 0.381. The molecule has 0 bridgehead atoms. The number of rotatable bonds is 14. The molecule has 2 aromatic rings. The van der Waals surface area contributed by atoms with Crippen LogP contribution in [0.15, 0.2) is 73.8 Å². The third-order valence-electron chi connectivity index (χ3n) is 4.57. The third kappa shape index (κ3) is 9.81. The number of hydrogen-bond acceptors (Lipinski definition) is 5. The zero-order valence-corrected chi connectivity index (χ0v) is 17.9. The van der Waals surface area contributed by atoms with Crippen molar-refractivity contribution >= 4 is 11.9 Å². The van der Waals surface area contributed by atoms with Crippen LogP contribution in [0.4, 0.5) is 0 Å². The van der Waals surface area contributed by atoms with Crippen LogP contribution in [0.25, 0.3) is 0 Å². The lowest BCUT2D eigenvalue weighted by molar-refractivity contribution is -0.138. The van der Waals surface area contributed by atoms with E-state index in [1.54, 1.807) is 0 Å². The van der Waals surface area contributed by atoms with Gasteiger partial charge in [-0.2, -0.15) is 0 Å². The molecule has 0 saturated carbocycles. The Balaban J connectivity index is 1.78. The van der Waals surface area contributed by atoms with Gasteiger partial charge in [0.25, 0.3) is 0 Å². The molecule has 0 N–H and O–H groups in total. The van der Waals surface area contributed by atoms with Gasteiger partial charge in [0.2, 0.25) is 0 Å². The van der Waals surface area contributed by atoms with Crippen LogP contribution in [0.5, 0.6) is 11.5 Å². The second-order valence-corrected chi connectivity index (χ2v) is 7.05. The molecule has 0 amide bonds. The number of aryl methyl sites for hydroxylation is 2. The maximum atomic E-state index is 11.0. The Kier molecular flexibility index (Phi) is 10.7. The van der Waals surface area contributed by atoms with E-state index in [4.69, 9.17) is 14.2 Å². The molecule has 0 unspecified atom stereocenters. The monoisotopic (exact) mass is 422 g/mol. The van der Waals surface area contributed by atoms with Crippen molar-refractivity contribution in [1.29, 1.82) is 0 Å². The fourth-order valence-corrected chi connectivity index (χ4v) is 2.99. The average molecular weight is 423 g/mol. The highest BCUT2D eigenvalue weighted by Crippen LogP contribution is 2.24. The first-order valence-corrected chi connectivity index (χ1v) is 10.5. The highest BCUT2D eigenvalue weighted by Gasteiger charge is 2.03. The Bertz CT molecular complexity index is 800. The van der Waals surface area contributed by atoms with E-state index < -0.39 is 0 Å². The van der Waals surface area contributed by atoms with Crippen molar-refractivity contribution in [1.82, 2.24) is 0 Å². The van der Waals surface area contributed by atoms with E-state index in [-0.39, 0.29) is 11.9 Å². The summed E-state index contributed by atoms with van der Waals surface area (Å²) in [7, 11) is 0. The van der Waals surface area contributed by atoms with Crippen LogP contribution < -0.4 is 4.74 Å². The maximum absolute atomic E-state index is 11.0. The van der Waals surface area contributed by atoms with Gasteiger partial charge in [-0.25, -0.2) is 9.59 Å². The fraction of sp³-hybridized carbons (Fsp3) is 0.308. The molecule has 0 radical (unpaired) electrons. The Morgan fingerprint density at radius 1 is 0.710 bits per heavy atom. The summed E-state index contributed by atoms with van der Waals surface area (Å²) >= 11 is 0. The van der Waals surface area contributed by atoms with Crippen LogP contribution in [0.1, 0.15) is 36.8 Å². The number of esters is 2. The Labute approximate surface area is 184 Å². The van der Waals surface area contributed by atoms with Gasteiger partial charge in [-0.15, -0.1) is 0 Å². The van der Waals surface area contributed by atoms with Crippen molar-refractivity contribution in [3.8, 4) is 11.5 Å². The van der Waals surface area contributed by atoms with Gasteiger partial charge in [0, 0.05) is 12.2 Å². The minimum Gasteiger partial charge on any atom is -0.463 e. The highest BCUT2D eigenvalue weighted by atomic mass is 16.5. The maximum Gasteiger partial charge on any atom is 0.330 e. The van der Waals surface area contributed by atoms with Gasteiger partial charge >= 0.3 is 11.9 Å². The molecule has 0 aromatic heterocycles. The Morgan fingerprint density at radius 2 is 1.16 bits per heavy atom. The van der Waals surface area contributed by atoms with Crippen LogP contribution in [-0.4, -0.2) is 25.2 Å². The van der Waals surface area contributed by atoms with E-state index in [2.05, 4.69) is 25.3 Å². The molecule has 31 heavy (non-hydrogen) atoms. The fourth-order valence-electron chi connectivity index (χ4n) is 2.99. The van der Waals surface area contributed by atoms with E-state index in [9.17, 15) is 9.59 Å². The molecule has 0 aliphatic carbocycles. The van der Waals surface area contributed by atoms with Crippen molar-refractivity contribution in [2.24, 2.45) is 0 Å². The standard InChI is InChI=1S/C26H30O5/c1-3-25(27)29-17-7-5-11-21-13-9-15-23(19-21)31-24-16-10-14-22(20-24)12-6-8-18-30-26(28)4-2/h3-4,9-10,13-16,19-20H,1-2,5-8,11-12,17-18H2. The summed E-state index contributed by atoms with van der Waals surface area (Å²) in [5.74, 6) is 0.829. The Morgan fingerprint density at radius 3 is 1.58 bits per heavy atom. The molecule has 5 heteroatoms. The smallest absolute Gasteiger partial charge is 0.330 e. The second kappa shape index (κ2) is 13.8. The highest BCUT2D eigenvalue weighted by molar-refractivity contribution is 5.81. The molecule has 2 rings (SSSR count). The molecular weight excluding hydrogens is 392 g/mol. The van der Waals surface area contributed by atoms with Gasteiger partial charge in [0.1, 0.15) is 11.5 Å². The van der Waals surface area contributed by atoms with E-state index in [0.717, 1.165) is 50.0 Å². The molecule has 2 aromatic carbocycles. The lowest BCUT2D eigenvalue weighted by Gasteiger charge is -2.10. The summed E-state index contributed by atoms with van der Waals surface area (Å²) in [6, 6.07) is 16.1. The molecular formula is C26H30O5. The summed E-state index contributed by atoms with van der Waals surface area (Å²) in [5.41, 5.74) is 2.36. The molecule has 0 atom stereocenters. The summed E-state index contributed by atoms with van der Waals surface area (Å²) in [6.07, 6.45) is 7.59. The van der Waals surface area contributed by atoms with E-state index in [1.807, 2.05) is 36.4 Å². The minimum atomic E-state index is -0.381. The number of unbranched alkanes of at least 4 members (excludes halogenated alkanes) is 2. The predicted molar refractivity (Wildman–Crippen MR) is 121 cm³/mol. The lowest BCUT2D eigenvalue weighted by atomic mass is 10.1. The number of carbonyl (C=O) groups excluding carboxylic acids is 2. The van der Waals surface area contributed by atoms with Crippen LogP contribution in [0.3, 0.4) is 0 Å². The summed E-state index contributed by atoms with van der Waals surface area (Å²) in [5, 5.41) is 0. The topological polar surface area (TPSA) is 61.8 Å². The SMILES string of the molecule is C=CC(=O)OCCCCc1cccc(Oc2cccc(CCCCOC(=O)C=C)c2)c1. The molecule has 0 aliphatic rings. The second-order valence-electron chi connectivity index (χ2n) is 7.05. The van der Waals surface area contributed by atoms with E-state index >= 15 is 0 Å². The molecule has 0 saturated heterocycles. The zero-order valence-electron chi connectivity index (χ0n) is 17.9. The van der Waals surface area contributed by atoms with Crippen molar-refractivity contribution in [2.45, 2.75) is 38.5 Å². The van der Waals surface area contributed by atoms with E-state index in [0.29, 0.717) is 13.2 Å². The molecule has 5 nitrogen and oxygen atoms in total. The van der Waals surface area contributed by atoms with Crippen molar-refractivity contribution in [2.75, 3.05) is 13.2 Å². The van der Waals surface area contributed by atoms with Crippen molar-refractivity contribution < 1.29 is 23.8 Å². The quantitative estimate of drug-likeness (QED) is 0.226. The van der Waals surface area contributed by atoms with E-state index in [1.165, 1.54) is 23.3 Å². The largest absolute Gasteiger partial charge is 0.463 e. The van der Waals surface area contributed by atoms with Crippen molar-refractivity contribution in [3.05, 3.63) is 85.0 Å². The molecule has 164 valence electrons. The number of carbonyl (C=O) groups is 2. The van der Waals surface area contributed by atoms with Crippen LogP contribution in [-0.2, 0) is 31.9 Å². The van der Waals surface area contributed by atoms with Crippen LogP contribution in [0, 0.1) is 0 Å². The van der Waals surface area contributed by atoms with Crippen molar-refractivity contribution in [3.63, 3.8) is 0 Å². The van der Waals surface area contributed by atoms with Gasteiger partial charge < -0.3 is 14.2 Å². The first-order valence-electron chi connectivity index (χ1n) is 10.5. The number of ether oxygens (including phenoxy) is 3. The third-order valence-corrected chi connectivity index (χ3v) is 4.57. The first-order chi connectivity index (χ1) is 15.1. The summed E-state index contributed by atoms with van der Waals surface area (Å²) in [6.45, 7) is 7.57. The lowest BCUT2D eigenvalue weighted by Crippen LogP contribution is -2.02. The number of benzene rings is 2. The van der Waals surface area contributed by atoms with Gasteiger partial charge in [-0.05, 0) is 73.9 Å². The van der Waals surface area contributed by atoms with Crippen LogP contribution in [0.2, 0.25) is 0 Å². The summed E-state index contributed by atoms with van der Waals surface area (Å²) < 4.78 is 16.0. The van der Waals surface area contributed by atoms with Gasteiger partial charge in [-0.1, -0.05) is 37.4 Å². The normalized spacial score (nSPS) is 10.2. The number of hydrogen-bond donors (Lipinski definition) is 0. The molecule has 0 spiro atoms. The molecule has 0 heterocycles. The molecule has 0 aliphatic heterocycles. The van der Waals surface area contributed by atoms with Gasteiger partial charge in [0.05, 0.1) is 13.2 Å². The summed E-state index contributed by atoms with van der Waals surface area (Å²) in [4.78, 5) is 22.1. The Hall–Kier alpha value is -3.34. The zero-order chi connectivity index (χ0) is 22.3. The predicted octanol–water partition coefficient (Wildman–Crippen LogP) is 5.58. The average Bonchev–Trinajstić information content (AvgIpc) is 2.78. The van der Waals surface area contributed by atoms with Gasteiger partial charge in [0.15, 0.2) is 0 Å². The van der Waals surface area contributed by atoms with Crippen LogP contribution >= 0.6 is 0 Å². The van der Waals surface area contributed by atoms with Gasteiger partial charge in [-0.3, -0.25) is 0 Å².